The number of rotatable bonds is 4. The molecule has 1 aromatic rings. The van der Waals surface area contributed by atoms with Crippen LogP contribution in [-0.2, 0) is 0 Å². The van der Waals surface area contributed by atoms with Crippen molar-refractivity contribution in [2.75, 3.05) is 6.54 Å². The van der Waals surface area contributed by atoms with E-state index in [-0.39, 0.29) is 6.04 Å². The van der Waals surface area contributed by atoms with Gasteiger partial charge in [-0.3, -0.25) is 4.98 Å². The average molecular weight is 179 g/mol. The van der Waals surface area contributed by atoms with Crippen molar-refractivity contribution < 1.29 is 0 Å². The summed E-state index contributed by atoms with van der Waals surface area (Å²) in [5, 5.41) is 0. The maximum atomic E-state index is 5.95. The van der Waals surface area contributed by atoms with E-state index >= 15 is 0 Å². The number of nitrogens with zero attached hydrogens (tertiary/aromatic N) is 1. The number of hydrogen-bond donors (Lipinski definition) is 2. The maximum Gasteiger partial charge on any atom is 0.0571 e. The van der Waals surface area contributed by atoms with Crippen LogP contribution in [-0.4, -0.2) is 11.5 Å². The minimum Gasteiger partial charge on any atom is -0.330 e. The van der Waals surface area contributed by atoms with Gasteiger partial charge in [0, 0.05) is 12.2 Å². The summed E-state index contributed by atoms with van der Waals surface area (Å²) in [6, 6.07) is 5.81. The molecule has 3 nitrogen and oxygen atoms in total. The van der Waals surface area contributed by atoms with Gasteiger partial charge >= 0.3 is 0 Å². The highest BCUT2D eigenvalue weighted by molar-refractivity contribution is 5.07. The van der Waals surface area contributed by atoms with Crippen LogP contribution in [0.1, 0.15) is 25.1 Å². The molecule has 0 aliphatic carbocycles. The first-order chi connectivity index (χ1) is 6.24. The molecule has 3 heteroatoms. The summed E-state index contributed by atoms with van der Waals surface area (Å²) in [6.07, 6.45) is 2.66. The Balaban J connectivity index is 2.53. The maximum absolute atomic E-state index is 5.95. The van der Waals surface area contributed by atoms with Gasteiger partial charge in [-0.15, -0.1) is 0 Å². The van der Waals surface area contributed by atoms with E-state index in [1.165, 1.54) is 0 Å². The standard InChI is InChI=1S/C10H17N3/c1-8(7-11)6-9(12)10-4-2-3-5-13-10/h2-5,8-9H,6-7,11-12H2,1H3. The van der Waals surface area contributed by atoms with Crippen LogP contribution in [0.3, 0.4) is 0 Å². The molecule has 1 heterocycles. The zero-order valence-electron chi connectivity index (χ0n) is 7.98. The Hall–Kier alpha value is -0.930. The van der Waals surface area contributed by atoms with Crippen LogP contribution in [0.4, 0.5) is 0 Å². The second kappa shape index (κ2) is 4.94. The molecule has 0 aliphatic rings. The topological polar surface area (TPSA) is 64.9 Å². The summed E-state index contributed by atoms with van der Waals surface area (Å²) in [6.45, 7) is 2.78. The monoisotopic (exact) mass is 179 g/mol. The third-order valence-electron chi connectivity index (χ3n) is 2.13. The predicted octanol–water partition coefficient (Wildman–Crippen LogP) is 1.07. The Morgan fingerprint density at radius 3 is 2.77 bits per heavy atom. The van der Waals surface area contributed by atoms with E-state index in [0.717, 1.165) is 12.1 Å². The van der Waals surface area contributed by atoms with Crippen LogP contribution in [0.25, 0.3) is 0 Å². The summed E-state index contributed by atoms with van der Waals surface area (Å²) >= 11 is 0. The van der Waals surface area contributed by atoms with Crippen LogP contribution in [0.5, 0.6) is 0 Å². The highest BCUT2D eigenvalue weighted by Crippen LogP contribution is 2.15. The molecule has 0 saturated carbocycles. The summed E-state index contributed by atoms with van der Waals surface area (Å²) in [7, 11) is 0. The van der Waals surface area contributed by atoms with E-state index in [1.807, 2.05) is 18.2 Å². The van der Waals surface area contributed by atoms with Crippen molar-refractivity contribution in [3.8, 4) is 0 Å². The van der Waals surface area contributed by atoms with Crippen LogP contribution in [0.2, 0.25) is 0 Å². The molecule has 1 aromatic heterocycles. The van der Waals surface area contributed by atoms with E-state index in [0.29, 0.717) is 12.5 Å². The number of nitrogens with two attached hydrogens (primary N) is 2. The average Bonchev–Trinajstić information content (AvgIpc) is 2.19. The van der Waals surface area contributed by atoms with Gasteiger partial charge in [0.2, 0.25) is 0 Å². The molecule has 0 aromatic carbocycles. The smallest absolute Gasteiger partial charge is 0.0571 e. The molecule has 1 rings (SSSR count). The fourth-order valence-corrected chi connectivity index (χ4v) is 1.25. The molecule has 0 radical (unpaired) electrons. The Morgan fingerprint density at radius 1 is 1.46 bits per heavy atom. The molecule has 13 heavy (non-hydrogen) atoms. The first-order valence-electron chi connectivity index (χ1n) is 4.60. The molecule has 2 unspecified atom stereocenters. The molecule has 2 atom stereocenters. The van der Waals surface area contributed by atoms with Crippen LogP contribution >= 0.6 is 0 Å². The first-order valence-corrected chi connectivity index (χ1v) is 4.60. The summed E-state index contributed by atoms with van der Waals surface area (Å²) in [5.74, 6) is 0.456. The minimum absolute atomic E-state index is 0.0137. The zero-order valence-corrected chi connectivity index (χ0v) is 7.98. The SMILES string of the molecule is CC(CN)CC(N)c1ccccn1. The highest BCUT2D eigenvalue weighted by Gasteiger charge is 2.10. The Labute approximate surface area is 79.2 Å². The largest absolute Gasteiger partial charge is 0.330 e. The second-order valence-corrected chi connectivity index (χ2v) is 3.44. The molecule has 0 saturated heterocycles. The molecular weight excluding hydrogens is 162 g/mol. The third kappa shape index (κ3) is 3.13. The van der Waals surface area contributed by atoms with Gasteiger partial charge in [-0.05, 0) is 31.0 Å². The van der Waals surface area contributed by atoms with E-state index in [1.54, 1.807) is 6.20 Å². The van der Waals surface area contributed by atoms with Crippen LogP contribution in [0, 0.1) is 5.92 Å². The molecule has 0 fully saturated rings. The lowest BCUT2D eigenvalue weighted by Gasteiger charge is -2.14. The molecule has 0 bridgehead atoms. The van der Waals surface area contributed by atoms with Gasteiger partial charge < -0.3 is 11.5 Å². The van der Waals surface area contributed by atoms with E-state index in [2.05, 4.69) is 11.9 Å². The van der Waals surface area contributed by atoms with Crippen LogP contribution < -0.4 is 11.5 Å². The Bertz CT molecular complexity index is 235. The van der Waals surface area contributed by atoms with Crippen molar-refractivity contribution in [1.29, 1.82) is 0 Å². The molecule has 0 aliphatic heterocycles. The normalized spacial score (nSPS) is 15.3. The minimum atomic E-state index is 0.0137. The molecule has 72 valence electrons. The van der Waals surface area contributed by atoms with Gasteiger partial charge in [0.05, 0.1) is 5.69 Å². The quantitative estimate of drug-likeness (QED) is 0.726. The van der Waals surface area contributed by atoms with Crippen molar-refractivity contribution in [3.05, 3.63) is 30.1 Å². The van der Waals surface area contributed by atoms with Crippen molar-refractivity contribution in [2.24, 2.45) is 17.4 Å². The summed E-state index contributed by atoms with van der Waals surface area (Å²) in [4.78, 5) is 4.20. The van der Waals surface area contributed by atoms with Crippen molar-refractivity contribution >= 4 is 0 Å². The zero-order chi connectivity index (χ0) is 9.68. The predicted molar refractivity (Wildman–Crippen MR) is 54.0 cm³/mol. The number of hydrogen-bond acceptors (Lipinski definition) is 3. The fourth-order valence-electron chi connectivity index (χ4n) is 1.25. The lowest BCUT2D eigenvalue weighted by molar-refractivity contribution is 0.476. The van der Waals surface area contributed by atoms with Gasteiger partial charge in [-0.2, -0.15) is 0 Å². The highest BCUT2D eigenvalue weighted by atomic mass is 14.8. The van der Waals surface area contributed by atoms with Gasteiger partial charge in [-0.25, -0.2) is 0 Å². The van der Waals surface area contributed by atoms with E-state index in [9.17, 15) is 0 Å². The number of pyridine rings is 1. The van der Waals surface area contributed by atoms with Gasteiger partial charge in [0.1, 0.15) is 0 Å². The molecule has 0 amide bonds. The first kappa shape index (κ1) is 10.2. The van der Waals surface area contributed by atoms with Crippen molar-refractivity contribution in [3.63, 3.8) is 0 Å². The summed E-state index contributed by atoms with van der Waals surface area (Å²) in [5.41, 5.74) is 12.4. The molecule has 0 spiro atoms. The van der Waals surface area contributed by atoms with E-state index < -0.39 is 0 Å². The van der Waals surface area contributed by atoms with E-state index in [4.69, 9.17) is 11.5 Å². The Morgan fingerprint density at radius 2 is 2.23 bits per heavy atom. The third-order valence-corrected chi connectivity index (χ3v) is 2.13. The lowest BCUT2D eigenvalue weighted by Crippen LogP contribution is -2.19. The van der Waals surface area contributed by atoms with Crippen LogP contribution in [0.15, 0.2) is 24.4 Å². The molecular formula is C10H17N3. The lowest BCUT2D eigenvalue weighted by atomic mass is 10.00. The second-order valence-electron chi connectivity index (χ2n) is 3.44. The van der Waals surface area contributed by atoms with Crippen molar-refractivity contribution in [2.45, 2.75) is 19.4 Å². The van der Waals surface area contributed by atoms with Crippen molar-refractivity contribution in [1.82, 2.24) is 4.98 Å². The fraction of sp³-hybridized carbons (Fsp3) is 0.500. The van der Waals surface area contributed by atoms with Gasteiger partial charge in [0.25, 0.3) is 0 Å². The summed E-state index contributed by atoms with van der Waals surface area (Å²) < 4.78 is 0. The van der Waals surface area contributed by atoms with Gasteiger partial charge in [0.15, 0.2) is 0 Å². The molecule has 4 N–H and O–H groups in total. The van der Waals surface area contributed by atoms with Gasteiger partial charge in [-0.1, -0.05) is 13.0 Å². The Kier molecular flexibility index (Phi) is 3.86. The number of aromatic nitrogens is 1.